The lowest BCUT2D eigenvalue weighted by atomic mass is 10.2. The van der Waals surface area contributed by atoms with Crippen LogP contribution in [0.1, 0.15) is 24.2 Å². The van der Waals surface area contributed by atoms with E-state index in [0.717, 1.165) is 5.56 Å². The first-order valence-corrected chi connectivity index (χ1v) is 8.99. The van der Waals surface area contributed by atoms with Crippen molar-refractivity contribution in [3.05, 3.63) is 67.9 Å². The second-order valence-electron chi connectivity index (χ2n) is 6.11. The third-order valence-corrected chi connectivity index (χ3v) is 4.82. The van der Waals surface area contributed by atoms with Gasteiger partial charge in [0, 0.05) is 27.9 Å². The Kier molecular flexibility index (Phi) is 5.66. The lowest BCUT2D eigenvalue weighted by Gasteiger charge is -2.10. The molecule has 146 valence electrons. The molecule has 2 aromatic heterocycles. The van der Waals surface area contributed by atoms with Crippen molar-refractivity contribution in [3.63, 3.8) is 0 Å². The quantitative estimate of drug-likeness (QED) is 0.479. The molecule has 0 bridgehead atoms. The summed E-state index contributed by atoms with van der Waals surface area (Å²) in [4.78, 5) is 22.7. The van der Waals surface area contributed by atoms with Gasteiger partial charge in [-0.25, -0.2) is 0 Å². The maximum Gasteiger partial charge on any atom is 0.390 e. The van der Waals surface area contributed by atoms with E-state index < -0.39 is 16.9 Å². The summed E-state index contributed by atoms with van der Waals surface area (Å²) in [7, 11) is 0. The Morgan fingerprint density at radius 3 is 2.57 bits per heavy atom. The molecule has 1 N–H and O–H groups in total. The molecule has 28 heavy (non-hydrogen) atoms. The minimum absolute atomic E-state index is 0.307. The zero-order valence-electron chi connectivity index (χ0n) is 15.0. The van der Waals surface area contributed by atoms with Crippen LogP contribution in [0, 0.1) is 17.0 Å². The van der Waals surface area contributed by atoms with Gasteiger partial charge >= 0.3 is 5.82 Å². The lowest BCUT2D eigenvalue weighted by Crippen LogP contribution is -2.25. The molecule has 11 heteroatoms. The molecular formula is C17H16Cl2N6O3. The molecule has 0 saturated heterocycles. The van der Waals surface area contributed by atoms with E-state index in [4.69, 9.17) is 23.2 Å². The Hall–Kier alpha value is -2.91. The number of nitro groups is 1. The number of nitrogens with one attached hydrogen (secondary N) is 1. The monoisotopic (exact) mass is 422 g/mol. The Morgan fingerprint density at radius 2 is 1.96 bits per heavy atom. The third-order valence-electron chi connectivity index (χ3n) is 4.12. The number of anilines is 1. The van der Waals surface area contributed by atoms with E-state index in [1.165, 1.54) is 10.7 Å². The molecule has 2 heterocycles. The molecular weight excluding hydrogens is 407 g/mol. The van der Waals surface area contributed by atoms with E-state index in [1.807, 2.05) is 0 Å². The predicted octanol–water partition coefficient (Wildman–Crippen LogP) is 3.85. The van der Waals surface area contributed by atoms with E-state index >= 15 is 0 Å². The van der Waals surface area contributed by atoms with Crippen molar-refractivity contribution in [2.75, 3.05) is 5.32 Å². The van der Waals surface area contributed by atoms with E-state index in [9.17, 15) is 14.9 Å². The van der Waals surface area contributed by atoms with Gasteiger partial charge in [-0.15, -0.1) is 0 Å². The fourth-order valence-electron chi connectivity index (χ4n) is 2.66. The number of aryl methyl sites for hydroxylation is 1. The summed E-state index contributed by atoms with van der Waals surface area (Å²) in [5, 5.41) is 22.7. The Bertz CT molecular complexity index is 1030. The van der Waals surface area contributed by atoms with Crippen molar-refractivity contribution in [2.24, 2.45) is 0 Å². The van der Waals surface area contributed by atoms with Crippen LogP contribution in [0.25, 0.3) is 0 Å². The summed E-state index contributed by atoms with van der Waals surface area (Å²) in [6.07, 6.45) is 1.68. The van der Waals surface area contributed by atoms with Crippen molar-refractivity contribution in [1.29, 1.82) is 0 Å². The van der Waals surface area contributed by atoms with Crippen LogP contribution in [-0.2, 0) is 11.3 Å². The minimum atomic E-state index is -0.753. The average Bonchev–Trinajstić information content (AvgIpc) is 3.24. The van der Waals surface area contributed by atoms with Gasteiger partial charge in [0.05, 0.1) is 23.4 Å². The molecule has 0 saturated carbocycles. The Labute approximate surface area is 170 Å². The first-order valence-electron chi connectivity index (χ1n) is 8.24. The first-order chi connectivity index (χ1) is 13.3. The van der Waals surface area contributed by atoms with Crippen molar-refractivity contribution in [1.82, 2.24) is 19.6 Å². The van der Waals surface area contributed by atoms with Gasteiger partial charge in [-0.2, -0.15) is 9.78 Å². The predicted molar refractivity (Wildman–Crippen MR) is 105 cm³/mol. The molecule has 0 aliphatic rings. The minimum Gasteiger partial charge on any atom is -0.358 e. The van der Waals surface area contributed by atoms with Gasteiger partial charge in [-0.3, -0.25) is 9.48 Å². The number of aromatic nitrogens is 4. The standard InChI is InChI=1S/C17H16Cl2N6O3/c1-10-8-16(25(27)28)22-24(10)11(2)17(26)20-15-6-7-23(21-15)9-12-13(18)4-3-5-14(12)19/h3-8,11H,9H2,1-2H3,(H,20,21,26). The highest BCUT2D eigenvalue weighted by Gasteiger charge is 2.25. The average molecular weight is 423 g/mol. The van der Waals surface area contributed by atoms with E-state index in [0.29, 0.717) is 28.1 Å². The van der Waals surface area contributed by atoms with Crippen molar-refractivity contribution in [3.8, 4) is 0 Å². The van der Waals surface area contributed by atoms with Crippen LogP contribution in [-0.4, -0.2) is 30.4 Å². The highest BCUT2D eigenvalue weighted by atomic mass is 35.5. The van der Waals surface area contributed by atoms with E-state index in [2.05, 4.69) is 15.5 Å². The number of benzene rings is 1. The fourth-order valence-corrected chi connectivity index (χ4v) is 3.17. The van der Waals surface area contributed by atoms with Crippen LogP contribution >= 0.6 is 23.2 Å². The summed E-state index contributed by atoms with van der Waals surface area (Å²) in [5.41, 5.74) is 1.23. The zero-order valence-corrected chi connectivity index (χ0v) is 16.5. The van der Waals surface area contributed by atoms with Crippen LogP contribution in [0.2, 0.25) is 10.0 Å². The number of rotatable bonds is 6. The number of halogens is 2. The van der Waals surface area contributed by atoms with Crippen molar-refractivity contribution in [2.45, 2.75) is 26.4 Å². The summed E-state index contributed by atoms with van der Waals surface area (Å²) in [6.45, 7) is 3.58. The highest BCUT2D eigenvalue weighted by Crippen LogP contribution is 2.25. The molecule has 1 unspecified atom stereocenters. The Morgan fingerprint density at radius 1 is 1.29 bits per heavy atom. The van der Waals surface area contributed by atoms with Crippen molar-refractivity contribution < 1.29 is 9.72 Å². The summed E-state index contributed by atoms with van der Waals surface area (Å²) in [5.74, 6) is -0.375. The second-order valence-corrected chi connectivity index (χ2v) is 6.92. The SMILES string of the molecule is Cc1cc([N+](=O)[O-])nn1C(C)C(=O)Nc1ccn(Cc2c(Cl)cccc2Cl)n1. The van der Waals surface area contributed by atoms with Crippen molar-refractivity contribution >= 4 is 40.7 Å². The van der Waals surface area contributed by atoms with Crippen LogP contribution in [0.3, 0.4) is 0 Å². The summed E-state index contributed by atoms with van der Waals surface area (Å²) in [6, 6.07) is 7.42. The van der Waals surface area contributed by atoms with Crippen LogP contribution in [0.4, 0.5) is 11.6 Å². The topological polar surface area (TPSA) is 108 Å². The number of carbonyl (C=O) groups is 1. The van der Waals surface area contributed by atoms with Gasteiger partial charge in [0.2, 0.25) is 0 Å². The van der Waals surface area contributed by atoms with Gasteiger partial charge in [-0.1, -0.05) is 29.3 Å². The van der Waals surface area contributed by atoms with Gasteiger partial charge in [0.25, 0.3) is 5.91 Å². The highest BCUT2D eigenvalue weighted by molar-refractivity contribution is 6.35. The van der Waals surface area contributed by atoms with Crippen LogP contribution < -0.4 is 5.32 Å². The fraction of sp³-hybridized carbons (Fsp3) is 0.235. The molecule has 0 spiro atoms. The van der Waals surface area contributed by atoms with Gasteiger partial charge in [-0.05, 0) is 30.9 Å². The second kappa shape index (κ2) is 7.99. The van der Waals surface area contributed by atoms with E-state index in [-0.39, 0.29) is 5.82 Å². The number of amides is 1. The molecule has 0 fully saturated rings. The zero-order chi connectivity index (χ0) is 20.4. The molecule has 0 radical (unpaired) electrons. The van der Waals surface area contributed by atoms with Gasteiger partial charge in [0.15, 0.2) is 5.82 Å². The molecule has 3 rings (SSSR count). The first kappa shape index (κ1) is 19.8. The van der Waals surface area contributed by atoms with E-state index in [1.54, 1.807) is 49.0 Å². The maximum absolute atomic E-state index is 12.5. The molecule has 3 aromatic rings. The molecule has 0 aliphatic heterocycles. The molecule has 1 amide bonds. The van der Waals surface area contributed by atoms with Gasteiger partial charge in [0.1, 0.15) is 6.04 Å². The van der Waals surface area contributed by atoms with Gasteiger partial charge < -0.3 is 15.4 Å². The molecule has 9 nitrogen and oxygen atoms in total. The maximum atomic E-state index is 12.5. The molecule has 1 atom stereocenters. The number of nitrogens with zero attached hydrogens (tertiary/aromatic N) is 5. The smallest absolute Gasteiger partial charge is 0.358 e. The number of carbonyl (C=O) groups excluding carboxylic acids is 1. The van der Waals surface area contributed by atoms with Crippen LogP contribution in [0.15, 0.2) is 36.5 Å². The Balaban J connectivity index is 1.71. The third kappa shape index (κ3) is 4.15. The normalized spacial score (nSPS) is 12.0. The molecule has 1 aromatic carbocycles. The van der Waals surface area contributed by atoms with Crippen LogP contribution in [0.5, 0.6) is 0 Å². The number of hydrogen-bond donors (Lipinski definition) is 1. The summed E-state index contributed by atoms with van der Waals surface area (Å²) < 4.78 is 2.89. The largest absolute Gasteiger partial charge is 0.390 e. The molecule has 0 aliphatic carbocycles. The summed E-state index contributed by atoms with van der Waals surface area (Å²) >= 11 is 12.3. The number of hydrogen-bond acceptors (Lipinski definition) is 5. The lowest BCUT2D eigenvalue weighted by molar-refractivity contribution is -0.389.